The number of fused-ring (bicyclic) bond motifs is 3. The molecule has 3 unspecified atom stereocenters. The van der Waals surface area contributed by atoms with Crippen LogP contribution in [0, 0.1) is 0 Å². The molecule has 1 aromatic rings. The molecule has 0 spiro atoms. The van der Waals surface area contributed by atoms with Crippen molar-refractivity contribution in [3.8, 4) is 0 Å². The van der Waals surface area contributed by atoms with Gasteiger partial charge >= 0.3 is 0 Å². The summed E-state index contributed by atoms with van der Waals surface area (Å²) in [6.07, 6.45) is 5.90. The predicted octanol–water partition coefficient (Wildman–Crippen LogP) is 2.52. The van der Waals surface area contributed by atoms with E-state index >= 15 is 0 Å². The van der Waals surface area contributed by atoms with Crippen molar-refractivity contribution in [3.05, 3.63) is 29.3 Å². The normalized spacial score (nSPS) is 29.2. The summed E-state index contributed by atoms with van der Waals surface area (Å²) >= 11 is 0. The number of hydrogen-bond donors (Lipinski definition) is 2. The lowest BCUT2D eigenvalue weighted by Gasteiger charge is -2.23. The first kappa shape index (κ1) is 14.7. The molecule has 2 bridgehead atoms. The highest BCUT2D eigenvalue weighted by atomic mass is 35.5. The highest BCUT2D eigenvalue weighted by molar-refractivity contribution is 5.97. The van der Waals surface area contributed by atoms with E-state index < -0.39 is 0 Å². The van der Waals surface area contributed by atoms with Crippen molar-refractivity contribution in [2.75, 3.05) is 11.9 Å². The smallest absolute Gasteiger partial charge is 0.251 e. The van der Waals surface area contributed by atoms with Gasteiger partial charge in [0.05, 0.1) is 18.2 Å². The van der Waals surface area contributed by atoms with Gasteiger partial charge in [-0.25, -0.2) is 0 Å². The lowest BCUT2D eigenvalue weighted by atomic mass is 9.94. The van der Waals surface area contributed by atoms with Crippen molar-refractivity contribution < 1.29 is 9.53 Å². The Morgan fingerprint density at radius 1 is 1.33 bits per heavy atom. The summed E-state index contributed by atoms with van der Waals surface area (Å²) in [7, 11) is 0. The average molecular weight is 309 g/mol. The number of rotatable bonds is 2. The second-order valence-electron chi connectivity index (χ2n) is 6.05. The maximum absolute atomic E-state index is 12.6. The lowest BCUT2D eigenvalue weighted by Crippen LogP contribution is -2.41. The predicted molar refractivity (Wildman–Crippen MR) is 84.3 cm³/mol. The van der Waals surface area contributed by atoms with Crippen molar-refractivity contribution in [1.29, 1.82) is 0 Å². The number of amides is 1. The minimum absolute atomic E-state index is 0. The van der Waals surface area contributed by atoms with E-state index in [-0.39, 0.29) is 30.5 Å². The van der Waals surface area contributed by atoms with E-state index in [9.17, 15) is 4.79 Å². The molecule has 3 heterocycles. The van der Waals surface area contributed by atoms with Crippen LogP contribution in [0.1, 0.15) is 41.6 Å². The molecule has 21 heavy (non-hydrogen) atoms. The number of hydrogen-bond acceptors (Lipinski definition) is 3. The molecule has 5 heteroatoms. The van der Waals surface area contributed by atoms with E-state index in [4.69, 9.17) is 4.74 Å². The van der Waals surface area contributed by atoms with Crippen LogP contribution >= 0.6 is 12.4 Å². The van der Waals surface area contributed by atoms with Gasteiger partial charge in [-0.15, -0.1) is 12.4 Å². The van der Waals surface area contributed by atoms with Gasteiger partial charge in [-0.1, -0.05) is 6.07 Å². The molecule has 1 aromatic carbocycles. The van der Waals surface area contributed by atoms with E-state index in [0.29, 0.717) is 6.10 Å². The number of benzene rings is 1. The SMILES string of the molecule is Cl.O=C(NC1CC2CCC1O2)c1cccc2c1CCCN2. The van der Waals surface area contributed by atoms with Crippen LogP contribution in [0.4, 0.5) is 5.69 Å². The quantitative estimate of drug-likeness (QED) is 0.882. The summed E-state index contributed by atoms with van der Waals surface area (Å²) in [6, 6.07) is 6.17. The Balaban J connectivity index is 0.00000132. The molecule has 2 N–H and O–H groups in total. The number of carbonyl (C=O) groups is 1. The maximum Gasteiger partial charge on any atom is 0.251 e. The molecule has 2 fully saturated rings. The second-order valence-corrected chi connectivity index (χ2v) is 6.05. The molecule has 4 rings (SSSR count). The van der Waals surface area contributed by atoms with E-state index in [1.54, 1.807) is 0 Å². The van der Waals surface area contributed by atoms with Gasteiger partial charge in [-0.2, -0.15) is 0 Å². The second kappa shape index (κ2) is 5.85. The van der Waals surface area contributed by atoms with Crippen LogP contribution in [0.5, 0.6) is 0 Å². The Labute approximate surface area is 131 Å². The zero-order valence-corrected chi connectivity index (χ0v) is 12.7. The number of anilines is 1. The van der Waals surface area contributed by atoms with Gasteiger partial charge in [-0.3, -0.25) is 4.79 Å². The average Bonchev–Trinajstić information content (AvgIpc) is 3.09. The van der Waals surface area contributed by atoms with Gasteiger partial charge in [0.25, 0.3) is 5.91 Å². The fourth-order valence-electron chi connectivity index (χ4n) is 3.76. The van der Waals surface area contributed by atoms with E-state index in [0.717, 1.165) is 49.9 Å². The third kappa shape index (κ3) is 2.62. The maximum atomic E-state index is 12.6. The summed E-state index contributed by atoms with van der Waals surface area (Å²) < 4.78 is 5.81. The third-order valence-corrected chi connectivity index (χ3v) is 4.76. The Morgan fingerprint density at radius 3 is 3.00 bits per heavy atom. The Kier molecular flexibility index (Phi) is 4.09. The molecule has 3 aliphatic rings. The summed E-state index contributed by atoms with van der Waals surface area (Å²) in [5.41, 5.74) is 3.12. The van der Waals surface area contributed by atoms with Gasteiger partial charge in [0, 0.05) is 17.8 Å². The number of nitrogens with one attached hydrogen (secondary N) is 2. The zero-order chi connectivity index (χ0) is 13.5. The molecular weight excluding hydrogens is 288 g/mol. The first-order chi connectivity index (χ1) is 9.81. The minimum Gasteiger partial charge on any atom is -0.385 e. The number of ether oxygens (including phenoxy) is 1. The van der Waals surface area contributed by atoms with Crippen molar-refractivity contribution in [2.45, 2.75) is 50.4 Å². The first-order valence-corrected chi connectivity index (χ1v) is 7.63. The van der Waals surface area contributed by atoms with Crippen LogP contribution in [0.25, 0.3) is 0 Å². The zero-order valence-electron chi connectivity index (χ0n) is 11.9. The monoisotopic (exact) mass is 308 g/mol. The fourth-order valence-corrected chi connectivity index (χ4v) is 3.76. The highest BCUT2D eigenvalue weighted by Gasteiger charge is 2.41. The van der Waals surface area contributed by atoms with Crippen molar-refractivity contribution in [1.82, 2.24) is 5.32 Å². The summed E-state index contributed by atoms with van der Waals surface area (Å²) in [6.45, 7) is 0.998. The largest absolute Gasteiger partial charge is 0.385 e. The molecule has 0 saturated carbocycles. The number of halogens is 1. The summed E-state index contributed by atoms with van der Waals surface area (Å²) in [5, 5.41) is 6.56. The van der Waals surface area contributed by atoms with Gasteiger partial charge in [-0.05, 0) is 49.8 Å². The van der Waals surface area contributed by atoms with E-state index in [1.165, 1.54) is 5.56 Å². The molecule has 0 aromatic heterocycles. The van der Waals surface area contributed by atoms with Crippen LogP contribution in [0.2, 0.25) is 0 Å². The minimum atomic E-state index is 0. The summed E-state index contributed by atoms with van der Waals surface area (Å²) in [5.74, 6) is 0.0618. The molecule has 4 nitrogen and oxygen atoms in total. The highest BCUT2D eigenvalue weighted by Crippen LogP contribution is 2.34. The standard InChI is InChI=1S/C16H20N2O2.ClH/c19-16(18-14-9-10-6-7-15(14)20-10)12-3-1-5-13-11(12)4-2-8-17-13;/h1,3,5,10,14-15,17H,2,4,6-9H2,(H,18,19);1H. The van der Waals surface area contributed by atoms with Gasteiger partial charge in [0.2, 0.25) is 0 Å². The Bertz CT molecular complexity index is 549. The topological polar surface area (TPSA) is 50.4 Å². The Morgan fingerprint density at radius 2 is 2.24 bits per heavy atom. The Hall–Kier alpha value is -1.26. The molecule has 3 aliphatic heterocycles. The van der Waals surface area contributed by atoms with E-state index in [1.807, 2.05) is 12.1 Å². The third-order valence-electron chi connectivity index (χ3n) is 4.76. The summed E-state index contributed by atoms with van der Waals surface area (Å²) in [4.78, 5) is 12.6. The van der Waals surface area contributed by atoms with E-state index in [2.05, 4.69) is 16.7 Å². The first-order valence-electron chi connectivity index (χ1n) is 7.63. The van der Waals surface area contributed by atoms with Crippen molar-refractivity contribution in [2.24, 2.45) is 0 Å². The molecule has 2 saturated heterocycles. The van der Waals surface area contributed by atoms with Gasteiger partial charge in [0.15, 0.2) is 0 Å². The number of carbonyl (C=O) groups excluding carboxylic acids is 1. The molecule has 1 amide bonds. The van der Waals surface area contributed by atoms with Crippen LogP contribution < -0.4 is 10.6 Å². The van der Waals surface area contributed by atoms with Gasteiger partial charge in [0.1, 0.15) is 0 Å². The molecule has 0 aliphatic carbocycles. The van der Waals surface area contributed by atoms with Crippen molar-refractivity contribution in [3.63, 3.8) is 0 Å². The van der Waals surface area contributed by atoms with Crippen LogP contribution in [-0.4, -0.2) is 30.7 Å². The molecule has 114 valence electrons. The molecule has 3 atom stereocenters. The molecular formula is C16H21ClN2O2. The van der Waals surface area contributed by atoms with Crippen molar-refractivity contribution >= 4 is 24.0 Å². The van der Waals surface area contributed by atoms with Crippen LogP contribution in [-0.2, 0) is 11.2 Å². The van der Waals surface area contributed by atoms with Crippen LogP contribution in [0.15, 0.2) is 18.2 Å². The molecule has 0 radical (unpaired) electrons. The van der Waals surface area contributed by atoms with Gasteiger partial charge < -0.3 is 15.4 Å². The van der Waals surface area contributed by atoms with Crippen LogP contribution in [0.3, 0.4) is 0 Å². The fraction of sp³-hybridized carbons (Fsp3) is 0.562. The lowest BCUT2D eigenvalue weighted by molar-refractivity contribution is 0.0840.